The summed E-state index contributed by atoms with van der Waals surface area (Å²) in [4.78, 5) is 11.9. The predicted molar refractivity (Wildman–Crippen MR) is 54.6 cm³/mol. The molecule has 2 rings (SSSR count). The highest BCUT2D eigenvalue weighted by atomic mass is 35.5. The number of hydrogen-bond donors (Lipinski definition) is 1. The minimum absolute atomic E-state index is 0.409. The van der Waals surface area contributed by atoms with Gasteiger partial charge in [0.15, 0.2) is 0 Å². The van der Waals surface area contributed by atoms with Crippen molar-refractivity contribution < 1.29 is 0 Å². The number of nitrogens with one attached hydrogen (secondary N) is 1. The molecule has 0 amide bonds. The fourth-order valence-corrected chi connectivity index (χ4v) is 1.10. The zero-order valence-corrected chi connectivity index (χ0v) is 7.94. The average Bonchev–Trinajstić information content (AvgIpc) is 2.19. The lowest BCUT2D eigenvalue weighted by molar-refractivity contribution is 1.16. The lowest BCUT2D eigenvalue weighted by Crippen LogP contribution is -1.96. The smallest absolute Gasteiger partial charge is 0.228 e. The maximum Gasteiger partial charge on any atom is 0.228 e. The molecule has 0 saturated carbocycles. The molecule has 0 aliphatic rings. The molecule has 0 saturated heterocycles. The molecule has 2 aromatic rings. The second-order valence-corrected chi connectivity index (χ2v) is 2.96. The van der Waals surface area contributed by atoms with Crippen LogP contribution in [0, 0.1) is 0 Å². The van der Waals surface area contributed by atoms with Gasteiger partial charge in [0.2, 0.25) is 5.95 Å². The summed E-state index contributed by atoms with van der Waals surface area (Å²) in [6.45, 7) is 0. The van der Waals surface area contributed by atoms with Crippen LogP contribution in [0.5, 0.6) is 0 Å². The second kappa shape index (κ2) is 4.02. The molecule has 0 fully saturated rings. The Kier molecular flexibility index (Phi) is 2.55. The number of pyridine rings is 1. The molecule has 2 aromatic heterocycles. The van der Waals surface area contributed by atoms with Gasteiger partial charge in [0.25, 0.3) is 0 Å². The highest BCUT2D eigenvalue weighted by Crippen LogP contribution is 2.11. The summed E-state index contributed by atoms with van der Waals surface area (Å²) in [5.41, 5.74) is 0.828. The molecule has 0 unspecified atom stereocenters. The third-order valence-corrected chi connectivity index (χ3v) is 1.75. The van der Waals surface area contributed by atoms with Gasteiger partial charge >= 0.3 is 0 Å². The summed E-state index contributed by atoms with van der Waals surface area (Å²) in [7, 11) is 0. The molecule has 0 spiro atoms. The van der Waals surface area contributed by atoms with Gasteiger partial charge in [0, 0.05) is 12.4 Å². The van der Waals surface area contributed by atoms with Crippen molar-refractivity contribution in [1.29, 1.82) is 0 Å². The van der Waals surface area contributed by atoms with Gasteiger partial charge in [-0.2, -0.15) is 0 Å². The van der Waals surface area contributed by atoms with Crippen molar-refractivity contribution in [3.8, 4) is 0 Å². The zero-order valence-electron chi connectivity index (χ0n) is 7.18. The first-order chi connectivity index (χ1) is 6.84. The fraction of sp³-hybridized carbons (Fsp3) is 0. The van der Waals surface area contributed by atoms with Gasteiger partial charge in [-0.05, 0) is 18.2 Å². The summed E-state index contributed by atoms with van der Waals surface area (Å²) in [6.07, 6.45) is 4.97. The Morgan fingerprint density at radius 2 is 2.14 bits per heavy atom. The van der Waals surface area contributed by atoms with Gasteiger partial charge in [-0.3, -0.25) is 4.98 Å². The summed E-state index contributed by atoms with van der Waals surface area (Å²) in [5, 5.41) is 3.38. The van der Waals surface area contributed by atoms with Crippen LogP contribution in [-0.4, -0.2) is 15.0 Å². The van der Waals surface area contributed by atoms with E-state index >= 15 is 0 Å². The van der Waals surface area contributed by atoms with E-state index in [1.54, 1.807) is 24.7 Å². The van der Waals surface area contributed by atoms with Gasteiger partial charge in [-0.15, -0.1) is 0 Å². The van der Waals surface area contributed by atoms with Crippen LogP contribution in [0.15, 0.2) is 36.8 Å². The van der Waals surface area contributed by atoms with E-state index in [1.165, 1.54) is 0 Å². The molecule has 4 nitrogen and oxygen atoms in total. The van der Waals surface area contributed by atoms with Crippen molar-refractivity contribution in [2.75, 3.05) is 5.32 Å². The third kappa shape index (κ3) is 2.17. The van der Waals surface area contributed by atoms with E-state index in [1.807, 2.05) is 12.1 Å². The van der Waals surface area contributed by atoms with Gasteiger partial charge < -0.3 is 5.32 Å². The van der Waals surface area contributed by atoms with Crippen LogP contribution in [-0.2, 0) is 0 Å². The lowest BCUT2D eigenvalue weighted by Gasteiger charge is -2.02. The summed E-state index contributed by atoms with van der Waals surface area (Å²) < 4.78 is 0. The Morgan fingerprint density at radius 1 is 1.21 bits per heavy atom. The Hall–Kier alpha value is -1.68. The van der Waals surface area contributed by atoms with Crippen molar-refractivity contribution >= 4 is 23.2 Å². The monoisotopic (exact) mass is 206 g/mol. The van der Waals surface area contributed by atoms with Gasteiger partial charge in [0.1, 0.15) is 5.15 Å². The number of halogens is 1. The molecule has 0 bridgehead atoms. The highest BCUT2D eigenvalue weighted by molar-refractivity contribution is 6.29. The first-order valence-corrected chi connectivity index (χ1v) is 4.38. The van der Waals surface area contributed by atoms with Crippen molar-refractivity contribution in [2.45, 2.75) is 0 Å². The molecule has 0 aliphatic carbocycles. The van der Waals surface area contributed by atoms with Crippen LogP contribution in [0.4, 0.5) is 11.6 Å². The molecule has 0 radical (unpaired) electrons. The van der Waals surface area contributed by atoms with Crippen LogP contribution in [0.2, 0.25) is 5.15 Å². The zero-order chi connectivity index (χ0) is 9.80. The highest BCUT2D eigenvalue weighted by Gasteiger charge is 1.97. The van der Waals surface area contributed by atoms with Crippen molar-refractivity contribution in [2.24, 2.45) is 0 Å². The van der Waals surface area contributed by atoms with E-state index in [0.717, 1.165) is 5.69 Å². The van der Waals surface area contributed by atoms with Crippen molar-refractivity contribution in [1.82, 2.24) is 15.0 Å². The minimum atomic E-state index is 0.409. The molecular weight excluding hydrogens is 200 g/mol. The van der Waals surface area contributed by atoms with E-state index in [9.17, 15) is 0 Å². The predicted octanol–water partition coefficient (Wildman–Crippen LogP) is 2.27. The quantitative estimate of drug-likeness (QED) is 0.766. The van der Waals surface area contributed by atoms with Gasteiger partial charge in [-0.25, -0.2) is 9.97 Å². The van der Waals surface area contributed by atoms with Crippen LogP contribution < -0.4 is 5.32 Å². The maximum atomic E-state index is 5.70. The topological polar surface area (TPSA) is 50.7 Å². The van der Waals surface area contributed by atoms with Crippen LogP contribution in [0.1, 0.15) is 0 Å². The maximum absolute atomic E-state index is 5.70. The van der Waals surface area contributed by atoms with Crippen LogP contribution in [0.3, 0.4) is 0 Å². The Bertz CT molecular complexity index is 418. The normalized spacial score (nSPS) is 9.79. The molecular formula is C9H7ClN4. The standard InChI is InChI=1S/C9H7ClN4/c10-8-3-5-12-9(14-8)13-7-2-1-4-11-6-7/h1-6H,(H,12,13,14). The molecule has 2 heterocycles. The molecule has 5 heteroatoms. The average molecular weight is 207 g/mol. The summed E-state index contributed by atoms with van der Waals surface area (Å²) in [5.74, 6) is 0.463. The number of anilines is 2. The van der Waals surface area contributed by atoms with Gasteiger partial charge in [-0.1, -0.05) is 11.6 Å². The lowest BCUT2D eigenvalue weighted by atomic mass is 10.4. The van der Waals surface area contributed by atoms with E-state index < -0.39 is 0 Å². The first kappa shape index (κ1) is 8.90. The Labute approximate surface area is 86.0 Å². The second-order valence-electron chi connectivity index (χ2n) is 2.57. The number of hydrogen-bond acceptors (Lipinski definition) is 4. The van der Waals surface area contributed by atoms with Crippen LogP contribution >= 0.6 is 11.6 Å². The van der Waals surface area contributed by atoms with Crippen LogP contribution in [0.25, 0.3) is 0 Å². The van der Waals surface area contributed by atoms with E-state index in [4.69, 9.17) is 11.6 Å². The molecule has 70 valence electrons. The number of rotatable bonds is 2. The molecule has 1 N–H and O–H groups in total. The summed E-state index contributed by atoms with van der Waals surface area (Å²) >= 11 is 5.70. The first-order valence-electron chi connectivity index (χ1n) is 4.00. The van der Waals surface area contributed by atoms with E-state index in [-0.39, 0.29) is 0 Å². The van der Waals surface area contributed by atoms with E-state index in [0.29, 0.717) is 11.1 Å². The summed E-state index contributed by atoms with van der Waals surface area (Å²) in [6, 6.07) is 5.32. The third-order valence-electron chi connectivity index (χ3n) is 1.54. The fourth-order valence-electron chi connectivity index (χ4n) is 0.963. The molecule has 0 aliphatic heterocycles. The molecule has 0 atom stereocenters. The molecule has 14 heavy (non-hydrogen) atoms. The van der Waals surface area contributed by atoms with Crippen molar-refractivity contribution in [3.05, 3.63) is 41.9 Å². The molecule has 0 aromatic carbocycles. The Morgan fingerprint density at radius 3 is 2.86 bits per heavy atom. The SMILES string of the molecule is Clc1ccnc(Nc2cccnc2)n1. The largest absolute Gasteiger partial charge is 0.323 e. The van der Waals surface area contributed by atoms with Gasteiger partial charge in [0.05, 0.1) is 11.9 Å². The Balaban J connectivity index is 2.19. The number of aromatic nitrogens is 3. The van der Waals surface area contributed by atoms with Crippen molar-refractivity contribution in [3.63, 3.8) is 0 Å². The number of nitrogens with zero attached hydrogens (tertiary/aromatic N) is 3. The van der Waals surface area contributed by atoms with E-state index in [2.05, 4.69) is 20.3 Å². The minimum Gasteiger partial charge on any atom is -0.323 e.